The van der Waals surface area contributed by atoms with Gasteiger partial charge in [-0.2, -0.15) is 0 Å². The van der Waals surface area contributed by atoms with Crippen LogP contribution in [0.3, 0.4) is 0 Å². The third-order valence-electron chi connectivity index (χ3n) is 4.01. The Bertz CT molecular complexity index is 525. The average Bonchev–Trinajstić information content (AvgIpc) is 2.46. The van der Waals surface area contributed by atoms with E-state index in [1.807, 2.05) is 12.1 Å². The van der Waals surface area contributed by atoms with Gasteiger partial charge in [-0.15, -0.1) is 0 Å². The standard InChI is InChI=1S/C17H21ClO3/c1-2-12-5-3-6-13(11-12)21-16-8-4-7-15(18)14(16)9-10-17(19)20/h4,7-10,12-13H,2-3,5-6,11H2,1H3,(H,19,20)/b10-9+. The predicted molar refractivity (Wildman–Crippen MR) is 84.8 cm³/mol. The highest BCUT2D eigenvalue weighted by Crippen LogP contribution is 2.33. The van der Waals surface area contributed by atoms with Crippen LogP contribution in [-0.4, -0.2) is 17.2 Å². The van der Waals surface area contributed by atoms with Crippen LogP contribution >= 0.6 is 11.6 Å². The lowest BCUT2D eigenvalue weighted by Gasteiger charge is -2.29. The number of hydrogen-bond acceptors (Lipinski definition) is 2. The molecular formula is C17H21ClO3. The minimum Gasteiger partial charge on any atom is -0.490 e. The first-order valence-corrected chi connectivity index (χ1v) is 7.84. The van der Waals surface area contributed by atoms with Gasteiger partial charge in [-0.05, 0) is 43.4 Å². The number of halogens is 1. The topological polar surface area (TPSA) is 46.5 Å². The van der Waals surface area contributed by atoms with Gasteiger partial charge in [0.25, 0.3) is 0 Å². The van der Waals surface area contributed by atoms with E-state index in [0.29, 0.717) is 16.3 Å². The SMILES string of the molecule is CCC1CCCC(Oc2cccc(Cl)c2/C=C/C(=O)O)C1. The zero-order chi connectivity index (χ0) is 15.2. The Balaban J connectivity index is 2.15. The molecular weight excluding hydrogens is 288 g/mol. The summed E-state index contributed by atoms with van der Waals surface area (Å²) in [4.78, 5) is 10.7. The number of rotatable bonds is 5. The monoisotopic (exact) mass is 308 g/mol. The molecule has 0 saturated heterocycles. The van der Waals surface area contributed by atoms with Gasteiger partial charge in [-0.3, -0.25) is 0 Å². The van der Waals surface area contributed by atoms with Gasteiger partial charge in [0.1, 0.15) is 5.75 Å². The van der Waals surface area contributed by atoms with Crippen LogP contribution in [0.15, 0.2) is 24.3 Å². The summed E-state index contributed by atoms with van der Waals surface area (Å²) in [5, 5.41) is 9.28. The zero-order valence-electron chi connectivity index (χ0n) is 12.2. The summed E-state index contributed by atoms with van der Waals surface area (Å²) < 4.78 is 6.10. The maximum atomic E-state index is 10.7. The molecule has 0 aromatic heterocycles. The van der Waals surface area contributed by atoms with E-state index in [1.54, 1.807) is 6.07 Å². The molecule has 1 saturated carbocycles. The highest BCUT2D eigenvalue weighted by atomic mass is 35.5. The summed E-state index contributed by atoms with van der Waals surface area (Å²) in [6.07, 6.45) is 8.53. The first kappa shape index (κ1) is 15.9. The molecule has 4 heteroatoms. The van der Waals surface area contributed by atoms with Crippen LogP contribution in [0.25, 0.3) is 6.08 Å². The summed E-state index contributed by atoms with van der Waals surface area (Å²) in [5.41, 5.74) is 0.639. The Hall–Kier alpha value is -1.48. The van der Waals surface area contributed by atoms with E-state index in [0.717, 1.165) is 24.8 Å². The highest BCUT2D eigenvalue weighted by Gasteiger charge is 2.22. The van der Waals surface area contributed by atoms with Crippen molar-refractivity contribution < 1.29 is 14.6 Å². The quantitative estimate of drug-likeness (QED) is 0.796. The number of carboxylic acid groups (broad SMARTS) is 1. The zero-order valence-corrected chi connectivity index (χ0v) is 13.0. The minimum atomic E-state index is -0.996. The van der Waals surface area contributed by atoms with Crippen molar-refractivity contribution in [3.63, 3.8) is 0 Å². The predicted octanol–water partition coefficient (Wildman–Crippen LogP) is 4.79. The van der Waals surface area contributed by atoms with Crippen molar-refractivity contribution >= 4 is 23.6 Å². The van der Waals surface area contributed by atoms with Crippen molar-refractivity contribution in [1.82, 2.24) is 0 Å². The Kier molecular flexibility index (Phi) is 5.68. The van der Waals surface area contributed by atoms with Crippen LogP contribution in [0, 0.1) is 5.92 Å². The van der Waals surface area contributed by atoms with E-state index in [2.05, 4.69) is 6.92 Å². The largest absolute Gasteiger partial charge is 0.490 e. The first-order chi connectivity index (χ1) is 10.1. The second-order valence-electron chi connectivity index (χ2n) is 5.50. The van der Waals surface area contributed by atoms with Crippen molar-refractivity contribution in [2.45, 2.75) is 45.1 Å². The molecule has 1 fully saturated rings. The minimum absolute atomic E-state index is 0.194. The molecule has 1 N–H and O–H groups in total. The van der Waals surface area contributed by atoms with E-state index in [1.165, 1.54) is 25.3 Å². The number of ether oxygens (including phenoxy) is 1. The maximum absolute atomic E-state index is 10.7. The number of carboxylic acids is 1. The second-order valence-corrected chi connectivity index (χ2v) is 5.91. The molecule has 0 radical (unpaired) electrons. The van der Waals surface area contributed by atoms with Crippen molar-refractivity contribution in [3.05, 3.63) is 34.9 Å². The molecule has 0 heterocycles. The Labute approximate surface area is 130 Å². The fourth-order valence-corrected chi connectivity index (χ4v) is 3.06. The molecule has 0 aliphatic heterocycles. The number of carbonyl (C=O) groups is 1. The number of aliphatic carboxylic acids is 1. The van der Waals surface area contributed by atoms with Crippen LogP contribution in [-0.2, 0) is 4.79 Å². The lowest BCUT2D eigenvalue weighted by Crippen LogP contribution is -2.25. The molecule has 1 aliphatic carbocycles. The van der Waals surface area contributed by atoms with Gasteiger partial charge in [0.2, 0.25) is 0 Å². The number of hydrogen-bond donors (Lipinski definition) is 1. The summed E-state index contributed by atoms with van der Waals surface area (Å²) in [5.74, 6) is 0.396. The lowest BCUT2D eigenvalue weighted by atomic mass is 9.85. The molecule has 1 aromatic carbocycles. The van der Waals surface area contributed by atoms with Crippen LogP contribution in [0.1, 0.15) is 44.6 Å². The van der Waals surface area contributed by atoms with E-state index >= 15 is 0 Å². The molecule has 2 atom stereocenters. The molecule has 3 nitrogen and oxygen atoms in total. The van der Waals surface area contributed by atoms with E-state index in [9.17, 15) is 4.79 Å². The fraction of sp³-hybridized carbons (Fsp3) is 0.471. The van der Waals surface area contributed by atoms with E-state index in [-0.39, 0.29) is 6.10 Å². The van der Waals surface area contributed by atoms with Crippen molar-refractivity contribution in [2.75, 3.05) is 0 Å². The molecule has 0 spiro atoms. The van der Waals surface area contributed by atoms with Gasteiger partial charge in [-0.1, -0.05) is 37.4 Å². The summed E-state index contributed by atoms with van der Waals surface area (Å²) in [7, 11) is 0. The maximum Gasteiger partial charge on any atom is 0.328 e. The molecule has 2 unspecified atom stereocenters. The van der Waals surface area contributed by atoms with Crippen molar-refractivity contribution in [2.24, 2.45) is 5.92 Å². The Morgan fingerprint density at radius 2 is 2.29 bits per heavy atom. The van der Waals surface area contributed by atoms with Crippen LogP contribution in [0.2, 0.25) is 5.02 Å². The van der Waals surface area contributed by atoms with Crippen LogP contribution in [0.5, 0.6) is 5.75 Å². The summed E-state index contributed by atoms with van der Waals surface area (Å²) in [6.45, 7) is 2.22. The summed E-state index contributed by atoms with van der Waals surface area (Å²) in [6, 6.07) is 5.42. The smallest absolute Gasteiger partial charge is 0.328 e. The van der Waals surface area contributed by atoms with Gasteiger partial charge in [0.15, 0.2) is 0 Å². The second kappa shape index (κ2) is 7.51. The molecule has 21 heavy (non-hydrogen) atoms. The third kappa shape index (κ3) is 4.50. The van der Waals surface area contributed by atoms with Gasteiger partial charge >= 0.3 is 5.97 Å². The Morgan fingerprint density at radius 3 is 3.00 bits per heavy atom. The van der Waals surface area contributed by atoms with Gasteiger partial charge in [0, 0.05) is 11.6 Å². The lowest BCUT2D eigenvalue weighted by molar-refractivity contribution is -0.131. The van der Waals surface area contributed by atoms with E-state index < -0.39 is 5.97 Å². The molecule has 1 aromatic rings. The third-order valence-corrected chi connectivity index (χ3v) is 4.34. The molecule has 2 rings (SSSR count). The van der Waals surface area contributed by atoms with Crippen LogP contribution < -0.4 is 4.74 Å². The van der Waals surface area contributed by atoms with Gasteiger partial charge in [-0.25, -0.2) is 4.79 Å². The fourth-order valence-electron chi connectivity index (χ4n) is 2.84. The summed E-state index contributed by atoms with van der Waals surface area (Å²) >= 11 is 6.16. The Morgan fingerprint density at radius 1 is 1.48 bits per heavy atom. The average molecular weight is 309 g/mol. The van der Waals surface area contributed by atoms with Gasteiger partial charge in [0.05, 0.1) is 11.1 Å². The van der Waals surface area contributed by atoms with Crippen molar-refractivity contribution in [3.8, 4) is 5.75 Å². The normalized spacial score (nSPS) is 22.4. The van der Waals surface area contributed by atoms with Crippen molar-refractivity contribution in [1.29, 1.82) is 0 Å². The molecule has 0 bridgehead atoms. The van der Waals surface area contributed by atoms with E-state index in [4.69, 9.17) is 21.4 Å². The van der Waals surface area contributed by atoms with Crippen LogP contribution in [0.4, 0.5) is 0 Å². The van der Waals surface area contributed by atoms with Gasteiger partial charge < -0.3 is 9.84 Å². The molecule has 1 aliphatic rings. The number of benzene rings is 1. The molecule has 0 amide bonds. The highest BCUT2D eigenvalue weighted by molar-refractivity contribution is 6.32. The molecule has 114 valence electrons. The first-order valence-electron chi connectivity index (χ1n) is 7.46.